The number of alkyl carbamates (subject to hydrolysis) is 1. The number of carbonyl (C=O) groups excluding carboxylic acids is 3. The Morgan fingerprint density at radius 2 is 0.977 bits per heavy atom. The van der Waals surface area contributed by atoms with Crippen LogP contribution in [0.4, 0.5) is 15.4 Å². The topological polar surface area (TPSA) is 245 Å². The van der Waals surface area contributed by atoms with E-state index in [-0.39, 0.29) is 39.3 Å². The van der Waals surface area contributed by atoms with Crippen LogP contribution in [0.15, 0.2) is 188 Å². The molecule has 0 spiro atoms. The number of benzene rings is 6. The number of aromatic nitrogens is 4. The third kappa shape index (κ3) is 23.4. The van der Waals surface area contributed by atoms with Crippen molar-refractivity contribution in [1.82, 2.24) is 44.9 Å². The summed E-state index contributed by atoms with van der Waals surface area (Å²) in [6.45, 7) is 57.9. The second-order valence-electron chi connectivity index (χ2n) is 42.8. The molecule has 128 heavy (non-hydrogen) atoms. The predicted octanol–water partition coefficient (Wildman–Crippen LogP) is 21.2. The lowest BCUT2D eigenvalue weighted by molar-refractivity contribution is -0.157. The number of imidazole rings is 1. The van der Waals surface area contributed by atoms with E-state index in [1.54, 1.807) is 52.5 Å². The van der Waals surface area contributed by atoms with Crippen LogP contribution in [0.3, 0.4) is 0 Å². The first-order valence-corrected chi connectivity index (χ1v) is 57.3. The van der Waals surface area contributed by atoms with Crippen LogP contribution in [0.5, 0.6) is 11.5 Å². The summed E-state index contributed by atoms with van der Waals surface area (Å²) in [5, 5.41) is 10.3. The molecule has 28 heteroatoms. The van der Waals surface area contributed by atoms with Crippen LogP contribution in [0.2, 0.25) is 72.5 Å². The van der Waals surface area contributed by atoms with Gasteiger partial charge in [-0.15, -0.1) is 0 Å². The summed E-state index contributed by atoms with van der Waals surface area (Å²) < 4.78 is 70.7. The number of fused-ring (bicyclic) bond motifs is 1. The maximum atomic E-state index is 15.6. The number of esters is 1. The van der Waals surface area contributed by atoms with Crippen LogP contribution < -0.4 is 25.4 Å². The maximum Gasteiger partial charge on any atom is 0.408 e. The molecule has 24 nitrogen and oxygen atoms in total. The number of rotatable bonds is 35. The highest BCUT2D eigenvalue weighted by molar-refractivity contribution is 6.75. The highest BCUT2D eigenvalue weighted by Gasteiger charge is 2.56. The second-order valence-corrected chi connectivity index (χ2v) is 61.9. The van der Waals surface area contributed by atoms with Gasteiger partial charge in [0.15, 0.2) is 56.5 Å². The number of amides is 3. The number of ether oxygens (including phenoxy) is 6. The van der Waals surface area contributed by atoms with Crippen LogP contribution in [-0.2, 0) is 52.5 Å². The third-order valence-electron chi connectivity index (χ3n) is 27.1. The summed E-state index contributed by atoms with van der Waals surface area (Å²) in [5.74, 6) is 1.71. The second kappa shape index (κ2) is 39.8. The van der Waals surface area contributed by atoms with Crippen molar-refractivity contribution >= 4 is 74.3 Å². The molecule has 0 aliphatic carbocycles. The molecule has 2 aromatic heterocycles. The Labute approximate surface area is 767 Å². The molecule has 0 bridgehead atoms. The Kier molecular flexibility index (Phi) is 31.1. The molecular weight excluding hydrogens is 1680 g/mol. The zero-order chi connectivity index (χ0) is 93.6. The van der Waals surface area contributed by atoms with E-state index >= 15 is 4.79 Å². The minimum atomic E-state index is -2.76. The molecule has 696 valence electrons. The highest BCUT2D eigenvalue weighted by Crippen LogP contribution is 2.50. The van der Waals surface area contributed by atoms with Gasteiger partial charge in [0.25, 0.3) is 0 Å². The Morgan fingerprint density at radius 1 is 0.516 bits per heavy atom. The van der Waals surface area contributed by atoms with Crippen LogP contribution in [-0.4, -0.2) is 199 Å². The molecule has 3 N–H and O–H groups in total. The Balaban J connectivity index is 0.994. The largest absolute Gasteiger partial charge is 0.497 e. The molecule has 11 rings (SSSR count). The van der Waals surface area contributed by atoms with Crippen molar-refractivity contribution in [2.24, 2.45) is 4.99 Å². The highest BCUT2D eigenvalue weighted by atomic mass is 28.4. The normalized spacial score (nSPS) is 19.4. The third-order valence-corrected chi connectivity index (χ3v) is 45.0. The number of guanidine groups is 1. The Bertz CT molecular complexity index is 4930. The van der Waals surface area contributed by atoms with E-state index in [0.29, 0.717) is 87.2 Å². The number of methoxy groups -OCH3 is 2. The molecule has 8 atom stereocenters. The van der Waals surface area contributed by atoms with Gasteiger partial charge in [-0.1, -0.05) is 235 Å². The van der Waals surface area contributed by atoms with Gasteiger partial charge < -0.3 is 71.9 Å². The molecule has 0 saturated carbocycles. The van der Waals surface area contributed by atoms with E-state index in [1.165, 1.54) is 0 Å². The first-order valence-electron chi connectivity index (χ1n) is 45.6. The van der Waals surface area contributed by atoms with E-state index in [0.717, 1.165) is 39.1 Å². The minimum Gasteiger partial charge on any atom is -0.497 e. The van der Waals surface area contributed by atoms with Crippen molar-refractivity contribution in [3.8, 4) is 11.5 Å². The molecule has 3 aliphatic rings. The van der Waals surface area contributed by atoms with Crippen molar-refractivity contribution in [1.29, 1.82) is 0 Å². The summed E-state index contributed by atoms with van der Waals surface area (Å²) in [7, 11) is -6.89. The monoisotopic (exact) mass is 1820 g/mol. The lowest BCUT2D eigenvalue weighted by Gasteiger charge is -2.44. The first kappa shape index (κ1) is 99.9. The lowest BCUT2D eigenvalue weighted by Crippen LogP contribution is -2.60. The van der Waals surface area contributed by atoms with Gasteiger partial charge in [-0.2, -0.15) is 4.99 Å². The summed E-state index contributed by atoms with van der Waals surface area (Å²) in [5.41, 5.74) is 2.78. The molecule has 0 radical (unpaired) electrons. The van der Waals surface area contributed by atoms with Crippen molar-refractivity contribution in [3.63, 3.8) is 0 Å². The first-order chi connectivity index (χ1) is 59.8. The van der Waals surface area contributed by atoms with Crippen molar-refractivity contribution < 1.29 is 60.5 Å². The Morgan fingerprint density at radius 3 is 1.45 bits per heavy atom. The van der Waals surface area contributed by atoms with Gasteiger partial charge in [0.1, 0.15) is 83.5 Å². The number of unbranched alkanes of at least 4 members (excludes halogenated alkanes) is 2. The summed E-state index contributed by atoms with van der Waals surface area (Å²) >= 11 is 0. The molecule has 2 saturated heterocycles. The van der Waals surface area contributed by atoms with Crippen molar-refractivity contribution in [2.75, 3.05) is 59.0 Å². The van der Waals surface area contributed by atoms with Gasteiger partial charge in [0, 0.05) is 26.1 Å². The Hall–Kier alpha value is -8.66. The lowest BCUT2D eigenvalue weighted by atomic mass is 9.77. The van der Waals surface area contributed by atoms with Gasteiger partial charge in [0.05, 0.1) is 33.3 Å². The number of nitrogens with one attached hydrogen (secondary N) is 3. The number of aliphatic imine (C=N–C) groups is 1. The van der Waals surface area contributed by atoms with Gasteiger partial charge in [0.2, 0.25) is 5.96 Å². The van der Waals surface area contributed by atoms with Crippen molar-refractivity contribution in [3.05, 3.63) is 216 Å². The van der Waals surface area contributed by atoms with Crippen LogP contribution in [0.25, 0.3) is 11.2 Å². The van der Waals surface area contributed by atoms with Gasteiger partial charge >= 0.3 is 18.1 Å². The molecular formula is C100H147N11O13Si4. The standard InChI is InChI=1S/C100H147N11O13Si4/c1-93(2,3)120-89(112)78(104-92(114)121-94(4,5)6)60-63-108(65-80-84(123-127(25,26)97(13,14)15)85(124-128(27,28)98(16,17)18)88(119-80)110-68-103-83-86(101-67-102-87(83)110)106-99(70-44-34-29-35-45-70,71-46-36-30-37-47-71)74-52-56-76(115-19)57-53-74)61-42-33-43-62-109-69-111(82-64-79(122-126(23,24)96(10,11)12)81(118-82)66-117-125(21,22)95(7,8)9)91(113)105-90(109)107-100(72-48-38-31-39-49-72,73-50-40-32-41-51-73)75-54-58-77(116-20)59-55-75/h29-32,34-41,44-59,67-68,78-82,84-85,88H,33,42-43,60-66,69H2,1-28H3,(H,104,114)(H,101,102,106)(H,105,107,113)/t78-,79-,80+,81+,82+,84+,85+,88+/m0/s1. The number of urea groups is 1. The molecule has 2 fully saturated rings. The fraction of sp³-hybridized carbons (Fsp3) is 0.550. The van der Waals surface area contributed by atoms with E-state index in [4.69, 9.17) is 66.1 Å². The zero-order valence-electron chi connectivity index (χ0n) is 81.6. The SMILES string of the molecule is COc1ccc(C(NC2=NC(=O)N([C@H]3C[C@H](O[Si](C)(C)C(C)(C)C)[C@@H](CO[Si](C)(C)C(C)(C)C)O3)CN2CCCCCN(CC[C@H](NC(=O)OC(C)(C)C)C(=O)OC(C)(C)C)C[C@H]2O[C@@H](n3cnc4c(NC(c5ccccc5)(c5ccccc5)c5ccc(OC)cc5)ncnc43)[C@H](O[Si](C)(C)C(C)(C)C)[C@@H]2O[Si](C)(C)C(C)(C)C)(c2ccccc2)c2ccccc2)cc1. The van der Waals surface area contributed by atoms with Gasteiger partial charge in [-0.25, -0.2) is 29.3 Å². The number of anilines is 1. The van der Waals surface area contributed by atoms with Crippen molar-refractivity contribution in [2.45, 2.75) is 301 Å². The molecule has 3 amide bonds. The van der Waals surface area contributed by atoms with Crippen LogP contribution in [0.1, 0.15) is 196 Å². The molecule has 6 aromatic carbocycles. The fourth-order valence-corrected chi connectivity index (χ4v) is 20.7. The maximum absolute atomic E-state index is 15.6. The predicted molar refractivity (Wildman–Crippen MR) is 520 cm³/mol. The number of carbonyl (C=O) groups is 3. The smallest absolute Gasteiger partial charge is 0.408 e. The van der Waals surface area contributed by atoms with E-state index < -0.39 is 117 Å². The fourth-order valence-electron chi connectivity index (χ4n) is 15.7. The molecule has 8 aromatic rings. The molecule has 3 aliphatic heterocycles. The number of hydrogen-bond donors (Lipinski definition) is 3. The van der Waals surface area contributed by atoms with E-state index in [1.807, 2.05) is 122 Å². The average Bonchev–Trinajstić information content (AvgIpc) is 1.29. The van der Waals surface area contributed by atoms with Gasteiger partial charge in [-0.3, -0.25) is 9.47 Å². The summed E-state index contributed by atoms with van der Waals surface area (Å²) in [6, 6.07) is 55.9. The minimum absolute atomic E-state index is 0.0605. The number of nitrogens with zero attached hydrogens (tertiary/aromatic N) is 8. The average molecular weight is 1820 g/mol. The van der Waals surface area contributed by atoms with E-state index in [2.05, 4.69) is 234 Å². The summed E-state index contributed by atoms with van der Waals surface area (Å²) in [6.07, 6.45) is 0.767. The van der Waals surface area contributed by atoms with E-state index in [9.17, 15) is 9.59 Å². The zero-order valence-corrected chi connectivity index (χ0v) is 85.6. The molecule has 5 heterocycles. The molecule has 0 unspecified atom stereocenters. The quantitative estimate of drug-likeness (QED) is 0.0145. The summed E-state index contributed by atoms with van der Waals surface area (Å²) in [4.78, 5) is 71.3. The number of hydrogen-bond acceptors (Lipinski definition) is 20. The van der Waals surface area contributed by atoms with Crippen LogP contribution in [0, 0.1) is 0 Å². The van der Waals surface area contributed by atoms with Crippen LogP contribution >= 0.6 is 0 Å². The van der Waals surface area contributed by atoms with Gasteiger partial charge in [-0.05, 0) is 198 Å².